The lowest BCUT2D eigenvalue weighted by atomic mass is 9.80. The SMILES string of the molecule is CCC(C)Oc1cc(C(=O)N2CCC(C3CCOCC3)CC2)ccn1. The van der Waals surface area contributed by atoms with Crippen molar-refractivity contribution in [2.75, 3.05) is 26.3 Å². The molecule has 3 heterocycles. The van der Waals surface area contributed by atoms with Crippen molar-refractivity contribution < 1.29 is 14.3 Å². The predicted molar refractivity (Wildman–Crippen MR) is 96.8 cm³/mol. The van der Waals surface area contributed by atoms with E-state index >= 15 is 0 Å². The molecule has 5 nitrogen and oxygen atoms in total. The van der Waals surface area contributed by atoms with Crippen molar-refractivity contribution in [1.82, 2.24) is 9.88 Å². The van der Waals surface area contributed by atoms with E-state index in [4.69, 9.17) is 9.47 Å². The zero-order valence-electron chi connectivity index (χ0n) is 15.4. The fraction of sp³-hybridized carbons (Fsp3) is 0.700. The van der Waals surface area contributed by atoms with Crippen LogP contribution in [0.25, 0.3) is 0 Å². The minimum Gasteiger partial charge on any atom is -0.475 e. The maximum atomic E-state index is 12.8. The molecule has 5 heteroatoms. The molecule has 25 heavy (non-hydrogen) atoms. The number of aromatic nitrogens is 1. The first kappa shape index (κ1) is 18.2. The van der Waals surface area contributed by atoms with Gasteiger partial charge in [0.15, 0.2) is 0 Å². The van der Waals surface area contributed by atoms with Gasteiger partial charge in [0, 0.05) is 44.1 Å². The highest BCUT2D eigenvalue weighted by Gasteiger charge is 2.30. The Hall–Kier alpha value is -1.62. The summed E-state index contributed by atoms with van der Waals surface area (Å²) >= 11 is 0. The molecule has 2 saturated heterocycles. The van der Waals surface area contributed by atoms with Gasteiger partial charge in [-0.25, -0.2) is 4.98 Å². The molecular weight excluding hydrogens is 316 g/mol. The average molecular weight is 346 g/mol. The van der Waals surface area contributed by atoms with E-state index in [9.17, 15) is 4.79 Å². The van der Waals surface area contributed by atoms with Crippen LogP contribution in [-0.4, -0.2) is 48.2 Å². The first-order valence-electron chi connectivity index (χ1n) is 9.67. The number of likely N-dealkylation sites (tertiary alicyclic amines) is 1. The van der Waals surface area contributed by atoms with Crippen molar-refractivity contribution in [2.24, 2.45) is 11.8 Å². The van der Waals surface area contributed by atoms with Gasteiger partial charge in [-0.05, 0) is 56.9 Å². The molecule has 3 rings (SSSR count). The lowest BCUT2D eigenvalue weighted by Gasteiger charge is -2.37. The van der Waals surface area contributed by atoms with Crippen LogP contribution in [0, 0.1) is 11.8 Å². The first-order valence-corrected chi connectivity index (χ1v) is 9.67. The Bertz CT molecular complexity index is 564. The van der Waals surface area contributed by atoms with Crippen LogP contribution in [0.2, 0.25) is 0 Å². The van der Waals surface area contributed by atoms with Crippen molar-refractivity contribution >= 4 is 5.91 Å². The van der Waals surface area contributed by atoms with Crippen molar-refractivity contribution in [2.45, 2.75) is 52.1 Å². The number of amides is 1. The molecule has 1 unspecified atom stereocenters. The Morgan fingerprint density at radius 2 is 1.96 bits per heavy atom. The zero-order valence-corrected chi connectivity index (χ0v) is 15.4. The van der Waals surface area contributed by atoms with Gasteiger partial charge in [0.25, 0.3) is 5.91 Å². The second kappa shape index (κ2) is 8.65. The highest BCUT2D eigenvalue weighted by Crippen LogP contribution is 2.32. The number of nitrogens with zero attached hydrogens (tertiary/aromatic N) is 2. The number of piperidine rings is 1. The van der Waals surface area contributed by atoms with Crippen molar-refractivity contribution in [1.29, 1.82) is 0 Å². The number of hydrogen-bond acceptors (Lipinski definition) is 4. The quantitative estimate of drug-likeness (QED) is 0.818. The highest BCUT2D eigenvalue weighted by atomic mass is 16.5. The van der Waals surface area contributed by atoms with E-state index in [0.717, 1.165) is 57.4 Å². The van der Waals surface area contributed by atoms with Gasteiger partial charge in [-0.15, -0.1) is 0 Å². The molecule has 2 aliphatic rings. The van der Waals surface area contributed by atoms with Gasteiger partial charge in [-0.3, -0.25) is 4.79 Å². The van der Waals surface area contributed by atoms with Crippen LogP contribution in [0.4, 0.5) is 0 Å². The minimum atomic E-state index is 0.0989. The standard InChI is InChI=1S/C20H30N2O3/c1-3-15(2)25-19-14-18(4-9-21-19)20(23)22-10-5-16(6-11-22)17-7-12-24-13-8-17/h4,9,14-17H,3,5-8,10-13H2,1-2H3. The fourth-order valence-electron chi connectivity index (χ4n) is 3.84. The summed E-state index contributed by atoms with van der Waals surface area (Å²) in [4.78, 5) is 19.0. The average Bonchev–Trinajstić information content (AvgIpc) is 2.68. The summed E-state index contributed by atoms with van der Waals surface area (Å²) in [5.41, 5.74) is 0.679. The molecule has 1 amide bonds. The van der Waals surface area contributed by atoms with Crippen LogP contribution in [-0.2, 0) is 4.74 Å². The van der Waals surface area contributed by atoms with Gasteiger partial charge in [-0.1, -0.05) is 6.92 Å². The summed E-state index contributed by atoms with van der Waals surface area (Å²) in [5, 5.41) is 0. The van der Waals surface area contributed by atoms with Crippen LogP contribution in [0.5, 0.6) is 5.88 Å². The predicted octanol–water partition coefficient (Wildman–Crippen LogP) is 3.54. The largest absolute Gasteiger partial charge is 0.475 e. The molecule has 1 aromatic rings. The van der Waals surface area contributed by atoms with Gasteiger partial charge in [0.2, 0.25) is 5.88 Å². The third-order valence-corrected chi connectivity index (χ3v) is 5.64. The van der Waals surface area contributed by atoms with Gasteiger partial charge in [-0.2, -0.15) is 0 Å². The van der Waals surface area contributed by atoms with E-state index in [-0.39, 0.29) is 12.0 Å². The van der Waals surface area contributed by atoms with Gasteiger partial charge in [0.1, 0.15) is 0 Å². The van der Waals surface area contributed by atoms with Crippen molar-refractivity contribution in [3.05, 3.63) is 23.9 Å². The molecule has 0 N–H and O–H groups in total. The first-order chi connectivity index (χ1) is 12.2. The van der Waals surface area contributed by atoms with Crippen LogP contribution in [0.1, 0.15) is 56.3 Å². The third kappa shape index (κ3) is 4.72. The Labute approximate surface area is 150 Å². The molecule has 0 bridgehead atoms. The number of hydrogen-bond donors (Lipinski definition) is 0. The minimum absolute atomic E-state index is 0.0989. The Morgan fingerprint density at radius 1 is 1.28 bits per heavy atom. The summed E-state index contributed by atoms with van der Waals surface area (Å²) in [6, 6.07) is 3.56. The molecular formula is C20H30N2O3. The van der Waals surface area contributed by atoms with Crippen LogP contribution in [0.3, 0.4) is 0 Å². The molecule has 1 atom stereocenters. The zero-order chi connectivity index (χ0) is 17.6. The molecule has 0 aliphatic carbocycles. The summed E-state index contributed by atoms with van der Waals surface area (Å²) in [7, 11) is 0. The van der Waals surface area contributed by atoms with E-state index in [1.54, 1.807) is 18.3 Å². The van der Waals surface area contributed by atoms with Gasteiger partial charge < -0.3 is 14.4 Å². The normalized spacial score (nSPS) is 21.1. The van der Waals surface area contributed by atoms with E-state index in [1.807, 2.05) is 11.8 Å². The lowest BCUT2D eigenvalue weighted by Crippen LogP contribution is -2.41. The maximum absolute atomic E-state index is 12.8. The van der Waals surface area contributed by atoms with Gasteiger partial charge in [0.05, 0.1) is 6.10 Å². The number of pyridine rings is 1. The molecule has 0 aromatic carbocycles. The number of carbonyl (C=O) groups excluding carboxylic acids is 1. The summed E-state index contributed by atoms with van der Waals surface area (Å²) < 4.78 is 11.2. The fourth-order valence-corrected chi connectivity index (χ4v) is 3.84. The molecule has 1 aromatic heterocycles. The monoisotopic (exact) mass is 346 g/mol. The van der Waals surface area contributed by atoms with E-state index in [2.05, 4.69) is 11.9 Å². The van der Waals surface area contributed by atoms with Gasteiger partial charge >= 0.3 is 0 Å². The Kier molecular flexibility index (Phi) is 6.29. The third-order valence-electron chi connectivity index (χ3n) is 5.64. The highest BCUT2D eigenvalue weighted by molar-refractivity contribution is 5.94. The smallest absolute Gasteiger partial charge is 0.254 e. The number of rotatable bonds is 5. The van der Waals surface area contributed by atoms with E-state index in [0.29, 0.717) is 11.4 Å². The number of carbonyl (C=O) groups is 1. The second-order valence-corrected chi connectivity index (χ2v) is 7.30. The van der Waals surface area contributed by atoms with E-state index < -0.39 is 0 Å². The molecule has 0 radical (unpaired) electrons. The summed E-state index contributed by atoms with van der Waals surface area (Å²) in [6.45, 7) is 7.59. The lowest BCUT2D eigenvalue weighted by molar-refractivity contribution is 0.0288. The molecule has 0 saturated carbocycles. The van der Waals surface area contributed by atoms with Crippen LogP contribution < -0.4 is 4.74 Å². The summed E-state index contributed by atoms with van der Waals surface area (Å²) in [6.07, 6.45) is 7.26. The van der Waals surface area contributed by atoms with E-state index in [1.165, 1.54) is 12.8 Å². The van der Waals surface area contributed by atoms with Crippen molar-refractivity contribution in [3.8, 4) is 5.88 Å². The second-order valence-electron chi connectivity index (χ2n) is 7.30. The molecule has 138 valence electrons. The Morgan fingerprint density at radius 3 is 2.64 bits per heavy atom. The van der Waals surface area contributed by atoms with Crippen LogP contribution >= 0.6 is 0 Å². The van der Waals surface area contributed by atoms with Crippen molar-refractivity contribution in [3.63, 3.8) is 0 Å². The van der Waals surface area contributed by atoms with Crippen LogP contribution in [0.15, 0.2) is 18.3 Å². The maximum Gasteiger partial charge on any atom is 0.254 e. The molecule has 2 aliphatic heterocycles. The summed E-state index contributed by atoms with van der Waals surface area (Å²) in [5.74, 6) is 2.16. The topological polar surface area (TPSA) is 51.7 Å². The number of ether oxygens (including phenoxy) is 2. The molecule has 2 fully saturated rings. The Balaban J connectivity index is 1.56. The molecule has 0 spiro atoms.